The van der Waals surface area contributed by atoms with Crippen molar-refractivity contribution < 1.29 is 9.15 Å². The Hall–Kier alpha value is -2.59. The molecule has 2 aromatic carbocycles. The zero-order chi connectivity index (χ0) is 17.4. The van der Waals surface area contributed by atoms with Gasteiger partial charge in [0.05, 0.1) is 5.56 Å². The van der Waals surface area contributed by atoms with Crippen LogP contribution in [-0.2, 0) is 6.54 Å². The summed E-state index contributed by atoms with van der Waals surface area (Å²) in [7, 11) is 0. The monoisotopic (exact) mass is 335 g/mol. The van der Waals surface area contributed by atoms with E-state index in [9.17, 15) is 4.79 Å². The molecular weight excluding hydrogens is 314 g/mol. The Morgan fingerprint density at radius 3 is 2.68 bits per heavy atom. The van der Waals surface area contributed by atoms with Crippen LogP contribution in [-0.4, -0.2) is 18.2 Å². The summed E-state index contributed by atoms with van der Waals surface area (Å²) < 4.78 is 11.5. The number of hydrogen-bond donors (Lipinski definition) is 0. The van der Waals surface area contributed by atoms with Crippen molar-refractivity contribution in [3.05, 3.63) is 64.0 Å². The summed E-state index contributed by atoms with van der Waals surface area (Å²) in [4.78, 5) is 14.4. The fraction of sp³-hybridized carbons (Fsp3) is 0.286. The van der Waals surface area contributed by atoms with E-state index in [0.717, 1.165) is 47.3 Å². The molecule has 4 nitrogen and oxygen atoms in total. The van der Waals surface area contributed by atoms with Crippen LogP contribution in [0.4, 0.5) is 0 Å². The summed E-state index contributed by atoms with van der Waals surface area (Å²) in [6.45, 7) is 6.47. The predicted molar refractivity (Wildman–Crippen MR) is 98.9 cm³/mol. The average Bonchev–Trinajstić information content (AvgIpc) is 2.62. The van der Waals surface area contributed by atoms with Crippen molar-refractivity contribution in [1.82, 2.24) is 4.90 Å². The fourth-order valence-corrected chi connectivity index (χ4v) is 3.41. The smallest absolute Gasteiger partial charge is 0.336 e. The van der Waals surface area contributed by atoms with E-state index >= 15 is 0 Å². The molecule has 4 heteroatoms. The van der Waals surface area contributed by atoms with Crippen LogP contribution in [0.2, 0.25) is 0 Å². The van der Waals surface area contributed by atoms with Crippen molar-refractivity contribution in [2.75, 3.05) is 13.3 Å². The van der Waals surface area contributed by atoms with E-state index in [-0.39, 0.29) is 5.63 Å². The van der Waals surface area contributed by atoms with Gasteiger partial charge in [-0.3, -0.25) is 4.90 Å². The van der Waals surface area contributed by atoms with Crippen LogP contribution < -0.4 is 10.4 Å². The van der Waals surface area contributed by atoms with Crippen LogP contribution in [0.25, 0.3) is 22.1 Å². The first-order valence-electron chi connectivity index (χ1n) is 8.67. The Balaban J connectivity index is 1.91. The van der Waals surface area contributed by atoms with Gasteiger partial charge >= 0.3 is 5.63 Å². The van der Waals surface area contributed by atoms with Crippen LogP contribution >= 0.6 is 0 Å². The maximum atomic E-state index is 12.2. The molecule has 0 N–H and O–H groups in total. The molecule has 0 amide bonds. The second-order valence-corrected chi connectivity index (χ2v) is 6.59. The molecule has 0 bridgehead atoms. The lowest BCUT2D eigenvalue weighted by molar-refractivity contribution is 0.0958. The van der Waals surface area contributed by atoms with E-state index in [1.54, 1.807) is 6.07 Å². The summed E-state index contributed by atoms with van der Waals surface area (Å²) in [5.41, 5.74) is 4.39. The van der Waals surface area contributed by atoms with Gasteiger partial charge in [-0.1, -0.05) is 36.8 Å². The number of ether oxygens (including phenoxy) is 1. The van der Waals surface area contributed by atoms with Gasteiger partial charge in [0.25, 0.3) is 0 Å². The maximum Gasteiger partial charge on any atom is 0.336 e. The summed E-state index contributed by atoms with van der Waals surface area (Å²) in [5, 5.41) is 0.948. The minimum Gasteiger partial charge on any atom is -0.478 e. The molecule has 0 saturated carbocycles. The zero-order valence-corrected chi connectivity index (χ0v) is 14.5. The Labute approximate surface area is 146 Å². The van der Waals surface area contributed by atoms with Gasteiger partial charge in [0.1, 0.15) is 18.1 Å². The standard InChI is InChI=1S/C21H21NO3/c1-3-10-22-12-18-19(24-13-22)9-8-16-17(11-20(23)25-21(16)18)15-6-4-14(2)5-7-15/h4-9,11H,3,10,12-13H2,1-2H3. The molecule has 2 heterocycles. The molecule has 3 aromatic rings. The number of fused-ring (bicyclic) bond motifs is 3. The summed E-state index contributed by atoms with van der Waals surface area (Å²) >= 11 is 0. The number of aryl methyl sites for hydroxylation is 1. The normalized spacial score (nSPS) is 14.3. The molecule has 0 fully saturated rings. The quantitative estimate of drug-likeness (QED) is 0.668. The highest BCUT2D eigenvalue weighted by Crippen LogP contribution is 2.36. The molecule has 0 spiro atoms. The second kappa shape index (κ2) is 6.37. The first kappa shape index (κ1) is 15.9. The third-order valence-corrected chi connectivity index (χ3v) is 4.66. The van der Waals surface area contributed by atoms with Gasteiger partial charge in [-0.2, -0.15) is 0 Å². The average molecular weight is 335 g/mol. The van der Waals surface area contributed by atoms with Gasteiger partial charge in [-0.25, -0.2) is 4.79 Å². The Morgan fingerprint density at radius 2 is 1.92 bits per heavy atom. The van der Waals surface area contributed by atoms with Crippen LogP contribution in [0.1, 0.15) is 24.5 Å². The van der Waals surface area contributed by atoms with Gasteiger partial charge < -0.3 is 9.15 Å². The highest BCUT2D eigenvalue weighted by molar-refractivity contribution is 5.95. The van der Waals surface area contributed by atoms with E-state index in [1.807, 2.05) is 24.3 Å². The van der Waals surface area contributed by atoms with Gasteiger partial charge in [0, 0.05) is 24.5 Å². The van der Waals surface area contributed by atoms with Crippen LogP contribution in [0.15, 0.2) is 51.7 Å². The molecule has 1 aromatic heterocycles. The predicted octanol–water partition coefficient (Wildman–Crippen LogP) is 4.33. The third-order valence-electron chi connectivity index (χ3n) is 4.66. The van der Waals surface area contributed by atoms with Gasteiger partial charge in [-0.05, 0) is 36.6 Å². The maximum absolute atomic E-state index is 12.2. The molecule has 1 aliphatic heterocycles. The Bertz CT molecular complexity index is 973. The van der Waals surface area contributed by atoms with Crippen molar-refractivity contribution in [2.24, 2.45) is 0 Å². The fourth-order valence-electron chi connectivity index (χ4n) is 3.41. The molecule has 1 aliphatic rings. The summed E-state index contributed by atoms with van der Waals surface area (Å²) in [5.74, 6) is 0.809. The van der Waals surface area contributed by atoms with Crippen molar-refractivity contribution in [3.8, 4) is 16.9 Å². The highest BCUT2D eigenvalue weighted by atomic mass is 16.5. The molecule has 0 aliphatic carbocycles. The number of nitrogens with zero attached hydrogens (tertiary/aromatic N) is 1. The molecule has 128 valence electrons. The van der Waals surface area contributed by atoms with Gasteiger partial charge in [0.15, 0.2) is 0 Å². The molecule has 25 heavy (non-hydrogen) atoms. The Kier molecular flexibility index (Phi) is 4.06. The number of benzene rings is 2. The van der Waals surface area contributed by atoms with Crippen LogP contribution in [0, 0.1) is 6.92 Å². The SMILES string of the molecule is CCCN1COc2ccc3c(-c4ccc(C)cc4)cc(=O)oc3c2C1. The molecule has 0 radical (unpaired) electrons. The van der Waals surface area contributed by atoms with Crippen molar-refractivity contribution in [1.29, 1.82) is 0 Å². The highest BCUT2D eigenvalue weighted by Gasteiger charge is 2.22. The topological polar surface area (TPSA) is 42.7 Å². The minimum absolute atomic E-state index is 0.330. The molecular formula is C21H21NO3. The minimum atomic E-state index is -0.330. The van der Waals surface area contributed by atoms with E-state index < -0.39 is 0 Å². The Morgan fingerprint density at radius 1 is 1.12 bits per heavy atom. The number of hydrogen-bond acceptors (Lipinski definition) is 4. The van der Waals surface area contributed by atoms with Crippen molar-refractivity contribution in [3.63, 3.8) is 0 Å². The lowest BCUT2D eigenvalue weighted by Crippen LogP contribution is -2.32. The molecule has 4 rings (SSSR count). The third kappa shape index (κ3) is 2.94. The van der Waals surface area contributed by atoms with E-state index in [1.165, 1.54) is 5.56 Å². The zero-order valence-electron chi connectivity index (χ0n) is 14.5. The van der Waals surface area contributed by atoms with Gasteiger partial charge in [-0.15, -0.1) is 0 Å². The van der Waals surface area contributed by atoms with Gasteiger partial charge in [0.2, 0.25) is 0 Å². The van der Waals surface area contributed by atoms with Crippen molar-refractivity contribution >= 4 is 11.0 Å². The summed E-state index contributed by atoms with van der Waals surface area (Å²) in [6, 6.07) is 13.7. The van der Waals surface area contributed by atoms with E-state index in [2.05, 4.69) is 30.9 Å². The number of rotatable bonds is 3. The largest absolute Gasteiger partial charge is 0.478 e. The van der Waals surface area contributed by atoms with Crippen molar-refractivity contribution in [2.45, 2.75) is 26.8 Å². The second-order valence-electron chi connectivity index (χ2n) is 6.59. The van der Waals surface area contributed by atoms with Crippen LogP contribution in [0.5, 0.6) is 5.75 Å². The van der Waals surface area contributed by atoms with E-state index in [0.29, 0.717) is 12.3 Å². The molecule has 0 saturated heterocycles. The van der Waals surface area contributed by atoms with E-state index in [4.69, 9.17) is 9.15 Å². The lowest BCUT2D eigenvalue weighted by Gasteiger charge is -2.29. The first-order valence-corrected chi connectivity index (χ1v) is 8.67. The summed E-state index contributed by atoms with van der Waals surface area (Å²) in [6.07, 6.45) is 1.06. The molecule has 0 atom stereocenters. The molecule has 0 unspecified atom stereocenters. The lowest BCUT2D eigenvalue weighted by atomic mass is 9.98. The first-order chi connectivity index (χ1) is 12.2. The van der Waals surface area contributed by atoms with Crippen LogP contribution in [0.3, 0.4) is 0 Å².